The van der Waals surface area contributed by atoms with E-state index in [0.717, 1.165) is 25.9 Å². The predicted molar refractivity (Wildman–Crippen MR) is 124 cm³/mol. The van der Waals surface area contributed by atoms with E-state index in [2.05, 4.69) is 34.4 Å². The van der Waals surface area contributed by atoms with E-state index in [1.54, 1.807) is 18.2 Å². The Hall–Kier alpha value is -2.35. The molecule has 31 heavy (non-hydrogen) atoms. The molecule has 1 fully saturated rings. The Labute approximate surface area is 193 Å². The third-order valence-corrected chi connectivity index (χ3v) is 5.50. The summed E-state index contributed by atoms with van der Waals surface area (Å²) in [7, 11) is 0. The lowest BCUT2D eigenvalue weighted by molar-refractivity contribution is -0.115. The first-order valence-electron chi connectivity index (χ1n) is 10.1. The summed E-state index contributed by atoms with van der Waals surface area (Å²) in [4.78, 5) is 31.7. The SMILES string of the molecule is CC(C)N1CCC(NC(=O)c2ccc(O)cc2CC(=O)Nc2ccc(Cl)cn2)CC1.Cl. The fraction of sp³-hybridized carbons (Fsp3) is 0.409. The summed E-state index contributed by atoms with van der Waals surface area (Å²) in [5.74, 6) is -0.197. The van der Waals surface area contributed by atoms with Crippen LogP contribution in [-0.2, 0) is 11.2 Å². The minimum absolute atomic E-state index is 0. The monoisotopic (exact) mass is 466 g/mol. The van der Waals surface area contributed by atoms with Crippen molar-refractivity contribution in [1.29, 1.82) is 0 Å². The number of halogens is 2. The van der Waals surface area contributed by atoms with E-state index in [1.807, 2.05) is 0 Å². The minimum Gasteiger partial charge on any atom is -0.508 e. The summed E-state index contributed by atoms with van der Waals surface area (Å²) in [6.45, 7) is 6.24. The van der Waals surface area contributed by atoms with E-state index in [9.17, 15) is 14.7 Å². The number of aromatic nitrogens is 1. The number of phenolic OH excluding ortho intramolecular Hbond substituents is 1. The number of carbonyl (C=O) groups excluding carboxylic acids is 2. The molecule has 3 rings (SSSR count). The van der Waals surface area contributed by atoms with Gasteiger partial charge in [-0.2, -0.15) is 0 Å². The van der Waals surface area contributed by atoms with E-state index in [0.29, 0.717) is 28.0 Å². The van der Waals surface area contributed by atoms with E-state index in [4.69, 9.17) is 11.6 Å². The van der Waals surface area contributed by atoms with Crippen LogP contribution < -0.4 is 10.6 Å². The van der Waals surface area contributed by atoms with Gasteiger partial charge < -0.3 is 20.6 Å². The van der Waals surface area contributed by atoms with Gasteiger partial charge in [-0.1, -0.05) is 11.6 Å². The molecule has 2 heterocycles. The Balaban J connectivity index is 0.00000341. The molecular formula is C22H28Cl2N4O3. The number of anilines is 1. The van der Waals surface area contributed by atoms with E-state index in [-0.39, 0.29) is 42.4 Å². The van der Waals surface area contributed by atoms with Gasteiger partial charge in [0.25, 0.3) is 5.91 Å². The smallest absolute Gasteiger partial charge is 0.251 e. The molecule has 1 aromatic heterocycles. The molecule has 1 aliphatic heterocycles. The Bertz CT molecular complexity index is 898. The van der Waals surface area contributed by atoms with Crippen molar-refractivity contribution in [2.75, 3.05) is 18.4 Å². The molecule has 0 spiro atoms. The molecule has 7 nitrogen and oxygen atoms in total. The molecule has 3 N–H and O–H groups in total. The molecule has 0 radical (unpaired) electrons. The molecule has 1 saturated heterocycles. The summed E-state index contributed by atoms with van der Waals surface area (Å²) in [5.41, 5.74) is 0.844. The van der Waals surface area contributed by atoms with Gasteiger partial charge in [0, 0.05) is 36.9 Å². The first kappa shape index (κ1) is 24.9. The third-order valence-electron chi connectivity index (χ3n) is 5.27. The summed E-state index contributed by atoms with van der Waals surface area (Å²) < 4.78 is 0. The fourth-order valence-electron chi connectivity index (χ4n) is 3.58. The maximum atomic E-state index is 12.9. The van der Waals surface area contributed by atoms with Crippen molar-refractivity contribution >= 4 is 41.6 Å². The Kier molecular flexibility index (Phi) is 9.10. The molecule has 9 heteroatoms. The summed E-state index contributed by atoms with van der Waals surface area (Å²) in [5, 5.41) is 16.1. The second kappa shape index (κ2) is 11.3. The fourth-order valence-corrected chi connectivity index (χ4v) is 3.69. The van der Waals surface area contributed by atoms with Crippen molar-refractivity contribution in [3.05, 3.63) is 52.7 Å². The largest absolute Gasteiger partial charge is 0.508 e. The van der Waals surface area contributed by atoms with Gasteiger partial charge in [-0.25, -0.2) is 4.98 Å². The van der Waals surface area contributed by atoms with Crippen molar-refractivity contribution in [3.8, 4) is 5.75 Å². The predicted octanol–water partition coefficient (Wildman–Crippen LogP) is 3.65. The number of amides is 2. The molecule has 1 aliphatic rings. The molecule has 0 bridgehead atoms. The van der Waals surface area contributed by atoms with Crippen LogP contribution >= 0.6 is 24.0 Å². The second-order valence-corrected chi connectivity index (χ2v) is 8.24. The van der Waals surface area contributed by atoms with Gasteiger partial charge in [-0.15, -0.1) is 12.4 Å². The van der Waals surface area contributed by atoms with Crippen molar-refractivity contribution in [1.82, 2.24) is 15.2 Å². The Morgan fingerprint density at radius 3 is 2.55 bits per heavy atom. The highest BCUT2D eigenvalue weighted by molar-refractivity contribution is 6.30. The number of hydrogen-bond donors (Lipinski definition) is 3. The zero-order chi connectivity index (χ0) is 21.7. The number of nitrogens with zero attached hydrogens (tertiary/aromatic N) is 2. The molecule has 0 aliphatic carbocycles. The second-order valence-electron chi connectivity index (χ2n) is 7.81. The lowest BCUT2D eigenvalue weighted by Gasteiger charge is -2.34. The number of nitrogens with one attached hydrogen (secondary N) is 2. The zero-order valence-corrected chi connectivity index (χ0v) is 19.2. The highest BCUT2D eigenvalue weighted by atomic mass is 35.5. The first-order valence-corrected chi connectivity index (χ1v) is 10.5. The van der Waals surface area contributed by atoms with Crippen molar-refractivity contribution in [2.45, 2.75) is 45.2 Å². The van der Waals surface area contributed by atoms with Gasteiger partial charge in [0.1, 0.15) is 11.6 Å². The van der Waals surface area contributed by atoms with Gasteiger partial charge in [-0.05, 0) is 62.6 Å². The van der Waals surface area contributed by atoms with Crippen molar-refractivity contribution in [2.24, 2.45) is 0 Å². The molecule has 0 atom stereocenters. The van der Waals surface area contributed by atoms with Crippen LogP contribution in [-0.4, -0.2) is 52.0 Å². The molecular weight excluding hydrogens is 439 g/mol. The minimum atomic E-state index is -0.338. The number of aromatic hydroxyl groups is 1. The van der Waals surface area contributed by atoms with Crippen LogP contribution in [0.1, 0.15) is 42.6 Å². The maximum Gasteiger partial charge on any atom is 0.251 e. The van der Waals surface area contributed by atoms with Crippen molar-refractivity contribution in [3.63, 3.8) is 0 Å². The zero-order valence-electron chi connectivity index (χ0n) is 17.6. The highest BCUT2D eigenvalue weighted by Crippen LogP contribution is 2.20. The summed E-state index contributed by atoms with van der Waals surface area (Å²) in [6.07, 6.45) is 3.16. The van der Waals surface area contributed by atoms with Gasteiger partial charge in [0.05, 0.1) is 11.4 Å². The molecule has 1 aromatic carbocycles. The Morgan fingerprint density at radius 1 is 1.23 bits per heavy atom. The average Bonchev–Trinajstić information content (AvgIpc) is 2.70. The van der Waals surface area contributed by atoms with E-state index >= 15 is 0 Å². The lowest BCUT2D eigenvalue weighted by Crippen LogP contribution is -2.46. The normalized spacial score (nSPS) is 14.7. The number of likely N-dealkylation sites (tertiary alicyclic amines) is 1. The number of hydrogen-bond acceptors (Lipinski definition) is 5. The van der Waals surface area contributed by atoms with Crippen LogP contribution in [0.2, 0.25) is 5.02 Å². The van der Waals surface area contributed by atoms with E-state index < -0.39 is 0 Å². The number of benzene rings is 1. The van der Waals surface area contributed by atoms with Gasteiger partial charge in [-0.3, -0.25) is 9.59 Å². The quantitative estimate of drug-likeness (QED) is 0.603. The van der Waals surface area contributed by atoms with Crippen LogP contribution in [0.3, 0.4) is 0 Å². The molecule has 0 saturated carbocycles. The number of pyridine rings is 1. The molecule has 2 amide bonds. The first-order chi connectivity index (χ1) is 14.3. The molecule has 2 aromatic rings. The van der Waals surface area contributed by atoms with Crippen LogP contribution in [0.15, 0.2) is 36.5 Å². The van der Waals surface area contributed by atoms with Gasteiger partial charge in [0.2, 0.25) is 5.91 Å². The average molecular weight is 467 g/mol. The standard InChI is InChI=1S/C22H27ClN4O3.ClH/c1-14(2)27-9-7-17(8-10-27)25-22(30)19-5-4-18(28)11-15(19)12-21(29)26-20-6-3-16(23)13-24-20;/h3-6,11,13-14,17,28H,7-10,12H2,1-2H3,(H,25,30)(H,24,26,29);1H. The van der Waals surface area contributed by atoms with Crippen LogP contribution in [0.4, 0.5) is 5.82 Å². The number of phenols is 1. The van der Waals surface area contributed by atoms with Crippen molar-refractivity contribution < 1.29 is 14.7 Å². The highest BCUT2D eigenvalue weighted by Gasteiger charge is 2.23. The third kappa shape index (κ3) is 7.09. The number of carbonyl (C=O) groups is 2. The van der Waals surface area contributed by atoms with Gasteiger partial charge in [0.15, 0.2) is 0 Å². The molecule has 0 unspecified atom stereocenters. The topological polar surface area (TPSA) is 94.6 Å². The number of piperidine rings is 1. The summed E-state index contributed by atoms with van der Waals surface area (Å²) >= 11 is 5.80. The molecule has 168 valence electrons. The maximum absolute atomic E-state index is 12.9. The van der Waals surface area contributed by atoms with Gasteiger partial charge >= 0.3 is 0 Å². The number of rotatable bonds is 6. The van der Waals surface area contributed by atoms with Crippen LogP contribution in [0.25, 0.3) is 0 Å². The van der Waals surface area contributed by atoms with Crippen LogP contribution in [0, 0.1) is 0 Å². The van der Waals surface area contributed by atoms with Crippen LogP contribution in [0.5, 0.6) is 5.75 Å². The lowest BCUT2D eigenvalue weighted by atomic mass is 10.00. The summed E-state index contributed by atoms with van der Waals surface area (Å²) in [6, 6.07) is 8.28. The van der Waals surface area contributed by atoms with E-state index in [1.165, 1.54) is 18.3 Å². The Morgan fingerprint density at radius 2 is 1.94 bits per heavy atom.